The van der Waals surface area contributed by atoms with E-state index in [9.17, 15) is 10.2 Å². The number of ether oxygens (including phenoxy) is 2. The first kappa shape index (κ1) is 21.7. The van der Waals surface area contributed by atoms with Gasteiger partial charge in [-0.3, -0.25) is 10.8 Å². The van der Waals surface area contributed by atoms with Crippen molar-refractivity contribution >= 4 is 12.3 Å². The molecular formula is C21H26N2O5. The van der Waals surface area contributed by atoms with Gasteiger partial charge in [-0.05, 0) is 30.2 Å². The SMILES string of the molecule is C[C@H]1OC(CO)CC(O)C1O.N=COC(=N)c1ccc(-c2ccccc2)cc1. The number of aliphatic hydroxyl groups is 3. The third-order valence-electron chi connectivity index (χ3n) is 4.42. The van der Waals surface area contributed by atoms with Crippen LogP contribution in [0.15, 0.2) is 54.6 Å². The maximum absolute atomic E-state index is 9.21. The molecule has 0 amide bonds. The number of hydrogen-bond donors (Lipinski definition) is 5. The highest BCUT2D eigenvalue weighted by Crippen LogP contribution is 2.20. The first-order chi connectivity index (χ1) is 13.5. The predicted octanol–water partition coefficient (Wildman–Crippen LogP) is 2.18. The lowest BCUT2D eigenvalue weighted by Gasteiger charge is -2.34. The Bertz CT molecular complexity index is 739. The van der Waals surface area contributed by atoms with E-state index >= 15 is 0 Å². The molecule has 4 atom stereocenters. The molecule has 150 valence electrons. The third kappa shape index (κ3) is 5.97. The van der Waals surface area contributed by atoms with Gasteiger partial charge in [0.15, 0.2) is 6.40 Å². The number of nitrogens with one attached hydrogen (secondary N) is 2. The van der Waals surface area contributed by atoms with Crippen molar-refractivity contribution in [3.63, 3.8) is 0 Å². The van der Waals surface area contributed by atoms with Crippen LogP contribution in [-0.4, -0.2) is 58.6 Å². The molecule has 5 N–H and O–H groups in total. The molecule has 0 spiro atoms. The minimum absolute atomic E-state index is 0.0142. The van der Waals surface area contributed by atoms with Crippen LogP contribution in [0.4, 0.5) is 0 Å². The Morgan fingerprint density at radius 1 is 1.11 bits per heavy atom. The predicted molar refractivity (Wildman–Crippen MR) is 107 cm³/mol. The first-order valence-corrected chi connectivity index (χ1v) is 8.98. The van der Waals surface area contributed by atoms with E-state index in [0.29, 0.717) is 12.0 Å². The Morgan fingerprint density at radius 2 is 1.71 bits per heavy atom. The second kappa shape index (κ2) is 10.7. The fourth-order valence-electron chi connectivity index (χ4n) is 2.85. The summed E-state index contributed by atoms with van der Waals surface area (Å²) in [6, 6.07) is 17.5. The minimum atomic E-state index is -0.821. The molecule has 0 bridgehead atoms. The topological polar surface area (TPSA) is 127 Å². The lowest BCUT2D eigenvalue weighted by molar-refractivity contribution is -0.170. The highest BCUT2D eigenvalue weighted by atomic mass is 16.5. The van der Waals surface area contributed by atoms with Gasteiger partial charge in [0.1, 0.15) is 6.10 Å². The molecule has 0 aliphatic carbocycles. The van der Waals surface area contributed by atoms with E-state index in [-0.39, 0.29) is 18.6 Å². The number of aliphatic hydroxyl groups excluding tert-OH is 3. The molecule has 7 heteroatoms. The van der Waals surface area contributed by atoms with Gasteiger partial charge in [-0.1, -0.05) is 42.5 Å². The van der Waals surface area contributed by atoms with Gasteiger partial charge < -0.3 is 24.8 Å². The summed E-state index contributed by atoms with van der Waals surface area (Å²) in [5.41, 5.74) is 2.89. The van der Waals surface area contributed by atoms with Gasteiger partial charge >= 0.3 is 0 Å². The van der Waals surface area contributed by atoms with Crippen LogP contribution < -0.4 is 0 Å². The summed E-state index contributed by atoms with van der Waals surface area (Å²) in [7, 11) is 0. The van der Waals surface area contributed by atoms with Crippen molar-refractivity contribution in [3.05, 3.63) is 60.2 Å². The number of rotatable bonds is 4. The van der Waals surface area contributed by atoms with E-state index in [1.54, 1.807) is 6.92 Å². The van der Waals surface area contributed by atoms with Crippen molar-refractivity contribution in [2.24, 2.45) is 0 Å². The summed E-state index contributed by atoms with van der Waals surface area (Å²) in [5.74, 6) is -0.0142. The van der Waals surface area contributed by atoms with Gasteiger partial charge in [0, 0.05) is 12.0 Å². The molecule has 7 nitrogen and oxygen atoms in total. The van der Waals surface area contributed by atoms with E-state index < -0.39 is 18.3 Å². The summed E-state index contributed by atoms with van der Waals surface area (Å²) in [5, 5.41) is 41.4. The zero-order valence-corrected chi connectivity index (χ0v) is 15.7. The number of benzene rings is 2. The van der Waals surface area contributed by atoms with Crippen LogP contribution in [0.5, 0.6) is 0 Å². The molecule has 1 heterocycles. The molecule has 3 unspecified atom stereocenters. The van der Waals surface area contributed by atoms with E-state index in [1.807, 2.05) is 54.6 Å². The first-order valence-electron chi connectivity index (χ1n) is 8.98. The Morgan fingerprint density at radius 3 is 2.25 bits per heavy atom. The summed E-state index contributed by atoms with van der Waals surface area (Å²) in [6.45, 7) is 1.57. The standard InChI is InChI=1S/C14H12N2O.C7H14O4/c15-10-17-14(16)13-8-6-12(7-9-13)11-4-2-1-3-5-11;1-4-7(10)6(9)2-5(3-8)11-4/h1-10,15-16H;4-10H,2-3H2,1H3/t;4-,5?,6?,7?/m.1/s1. The largest absolute Gasteiger partial charge is 0.428 e. The van der Waals surface area contributed by atoms with Crippen LogP contribution in [0.3, 0.4) is 0 Å². The van der Waals surface area contributed by atoms with Crippen LogP contribution in [0.2, 0.25) is 0 Å². The normalized spacial score (nSPS) is 23.9. The fourth-order valence-corrected chi connectivity index (χ4v) is 2.85. The Labute approximate surface area is 164 Å². The molecule has 0 saturated carbocycles. The van der Waals surface area contributed by atoms with Gasteiger partial charge in [-0.15, -0.1) is 0 Å². The second-order valence-electron chi connectivity index (χ2n) is 6.45. The molecular weight excluding hydrogens is 360 g/mol. The molecule has 1 saturated heterocycles. The van der Waals surface area contributed by atoms with Gasteiger partial charge in [-0.2, -0.15) is 0 Å². The zero-order chi connectivity index (χ0) is 20.5. The quantitative estimate of drug-likeness (QED) is 0.407. The number of hydrogen-bond acceptors (Lipinski definition) is 7. The molecule has 1 aliphatic rings. The van der Waals surface area contributed by atoms with Crippen LogP contribution >= 0.6 is 0 Å². The van der Waals surface area contributed by atoms with Crippen molar-refractivity contribution in [1.82, 2.24) is 0 Å². The van der Waals surface area contributed by atoms with Gasteiger partial charge in [0.05, 0.1) is 24.9 Å². The maximum Gasteiger partial charge on any atom is 0.220 e. The Kier molecular flexibility index (Phi) is 8.28. The second-order valence-corrected chi connectivity index (χ2v) is 6.45. The molecule has 0 aromatic heterocycles. The van der Waals surface area contributed by atoms with Gasteiger partial charge in [-0.25, -0.2) is 0 Å². The van der Waals surface area contributed by atoms with Crippen molar-refractivity contribution in [2.75, 3.05) is 6.61 Å². The van der Waals surface area contributed by atoms with Crippen LogP contribution in [0, 0.1) is 10.8 Å². The van der Waals surface area contributed by atoms with Crippen LogP contribution in [-0.2, 0) is 9.47 Å². The summed E-state index contributed by atoms with van der Waals surface area (Å²) >= 11 is 0. The molecule has 28 heavy (non-hydrogen) atoms. The molecule has 2 aromatic rings. The summed E-state index contributed by atoms with van der Waals surface area (Å²) < 4.78 is 9.86. The Balaban J connectivity index is 0.000000221. The monoisotopic (exact) mass is 386 g/mol. The fraction of sp³-hybridized carbons (Fsp3) is 0.333. The van der Waals surface area contributed by atoms with Crippen molar-refractivity contribution in [3.8, 4) is 11.1 Å². The minimum Gasteiger partial charge on any atom is -0.428 e. The van der Waals surface area contributed by atoms with Crippen LogP contribution in [0.1, 0.15) is 18.9 Å². The maximum atomic E-state index is 9.21. The highest BCUT2D eigenvalue weighted by Gasteiger charge is 2.33. The summed E-state index contributed by atoms with van der Waals surface area (Å²) in [6.07, 6.45) is -1.25. The zero-order valence-electron chi connectivity index (χ0n) is 15.7. The lowest BCUT2D eigenvalue weighted by atomic mass is 9.99. The molecule has 1 aliphatic heterocycles. The molecule has 1 fully saturated rings. The van der Waals surface area contributed by atoms with Crippen LogP contribution in [0.25, 0.3) is 11.1 Å². The molecule has 0 radical (unpaired) electrons. The van der Waals surface area contributed by atoms with E-state index in [0.717, 1.165) is 17.5 Å². The lowest BCUT2D eigenvalue weighted by Crippen LogP contribution is -2.47. The smallest absolute Gasteiger partial charge is 0.220 e. The highest BCUT2D eigenvalue weighted by molar-refractivity contribution is 5.95. The van der Waals surface area contributed by atoms with E-state index in [2.05, 4.69) is 0 Å². The van der Waals surface area contributed by atoms with Crippen molar-refractivity contribution < 1.29 is 24.8 Å². The average Bonchev–Trinajstić information content (AvgIpc) is 2.73. The summed E-state index contributed by atoms with van der Waals surface area (Å²) in [4.78, 5) is 0. The average molecular weight is 386 g/mol. The van der Waals surface area contributed by atoms with Gasteiger partial charge in [0.25, 0.3) is 0 Å². The van der Waals surface area contributed by atoms with E-state index in [1.165, 1.54) is 0 Å². The molecule has 2 aromatic carbocycles. The third-order valence-corrected chi connectivity index (χ3v) is 4.42. The van der Waals surface area contributed by atoms with E-state index in [4.69, 9.17) is 25.4 Å². The van der Waals surface area contributed by atoms with Crippen molar-refractivity contribution in [2.45, 2.75) is 37.8 Å². The van der Waals surface area contributed by atoms with Gasteiger partial charge in [0.2, 0.25) is 5.90 Å². The Hall–Kier alpha value is -2.58. The van der Waals surface area contributed by atoms with Crippen molar-refractivity contribution in [1.29, 1.82) is 10.8 Å². The molecule has 3 rings (SSSR count).